The molecule has 0 bridgehead atoms. The zero-order valence-corrected chi connectivity index (χ0v) is 34.0. The van der Waals surface area contributed by atoms with Crippen LogP contribution in [0, 0.1) is 0 Å². The molecule has 0 atom stereocenters. The lowest BCUT2D eigenvalue weighted by molar-refractivity contribution is 0.0522. The summed E-state index contributed by atoms with van der Waals surface area (Å²) < 4.78 is 22.2. The molecule has 4 aromatic heterocycles. The van der Waals surface area contributed by atoms with Crippen LogP contribution in [-0.4, -0.2) is 81.4 Å². The third-order valence-electron chi connectivity index (χ3n) is 9.73. The fourth-order valence-electron chi connectivity index (χ4n) is 6.86. The predicted molar refractivity (Wildman–Crippen MR) is 223 cm³/mol. The molecule has 2 saturated heterocycles. The van der Waals surface area contributed by atoms with Crippen molar-refractivity contribution in [2.75, 3.05) is 43.1 Å². The molecule has 59 heavy (non-hydrogen) atoms. The number of hydrogen-bond acceptors (Lipinski definition) is 12. The number of H-pyrrole nitrogens is 2. The van der Waals surface area contributed by atoms with Crippen LogP contribution in [0.4, 0.5) is 21.2 Å². The van der Waals surface area contributed by atoms with Crippen molar-refractivity contribution >= 4 is 23.8 Å². The number of aromatic nitrogens is 6. The molecule has 0 saturated carbocycles. The summed E-state index contributed by atoms with van der Waals surface area (Å²) in [6.45, 7) is 9.87. The van der Waals surface area contributed by atoms with E-state index in [9.17, 15) is 9.59 Å². The van der Waals surface area contributed by atoms with Crippen LogP contribution in [0.15, 0.2) is 81.6 Å². The third-order valence-corrected chi connectivity index (χ3v) is 9.73. The summed E-state index contributed by atoms with van der Waals surface area (Å²) in [5.74, 6) is 4.07. The first-order valence-corrected chi connectivity index (χ1v) is 20.1. The Morgan fingerprint density at radius 2 is 1.08 bits per heavy atom. The van der Waals surface area contributed by atoms with E-state index in [0.717, 1.165) is 86.0 Å². The van der Waals surface area contributed by atoms with Crippen LogP contribution in [0.2, 0.25) is 0 Å². The van der Waals surface area contributed by atoms with Crippen molar-refractivity contribution in [2.24, 2.45) is 0 Å². The number of nitrogens with one attached hydrogen (secondary N) is 4. The molecule has 0 spiro atoms. The Hall–Kier alpha value is -6.58. The van der Waals surface area contributed by atoms with Gasteiger partial charge in [-0.2, -0.15) is 20.2 Å². The summed E-state index contributed by atoms with van der Waals surface area (Å²) in [4.78, 5) is 37.3. The number of oxazole rings is 2. The lowest BCUT2D eigenvalue weighted by atomic mass is 10.1. The molecule has 2 aromatic carbocycles. The van der Waals surface area contributed by atoms with E-state index in [2.05, 4.69) is 45.6 Å². The van der Waals surface area contributed by atoms with Gasteiger partial charge in [-0.15, -0.1) is 0 Å². The number of hydrogen-bond donors (Lipinski definition) is 4. The van der Waals surface area contributed by atoms with Gasteiger partial charge >= 0.3 is 12.2 Å². The van der Waals surface area contributed by atoms with Gasteiger partial charge in [-0.05, 0) is 95.7 Å². The Morgan fingerprint density at radius 3 is 1.49 bits per heavy atom. The van der Waals surface area contributed by atoms with Crippen LogP contribution in [0.1, 0.15) is 70.7 Å². The van der Waals surface area contributed by atoms with Gasteiger partial charge in [0.2, 0.25) is 11.8 Å². The molecule has 2 aliphatic heterocycles. The maximum absolute atomic E-state index is 11.9. The Labute approximate surface area is 343 Å². The van der Waals surface area contributed by atoms with Crippen LogP contribution in [-0.2, 0) is 22.6 Å². The number of carbonyl (C=O) groups is 2. The fraction of sp³-hybridized carbons (Fsp3) is 0.395. The maximum Gasteiger partial charge on any atom is 0.407 e. The van der Waals surface area contributed by atoms with E-state index in [1.165, 1.54) is 20.0 Å². The van der Waals surface area contributed by atoms with Gasteiger partial charge < -0.3 is 38.7 Å². The first kappa shape index (κ1) is 40.6. The Kier molecular flexibility index (Phi) is 12.9. The van der Waals surface area contributed by atoms with Gasteiger partial charge in [-0.25, -0.2) is 9.59 Å². The van der Waals surface area contributed by atoms with Crippen molar-refractivity contribution in [3.63, 3.8) is 0 Å². The minimum Gasteiger partial charge on any atom is -0.453 e. The number of anilines is 2. The summed E-state index contributed by atoms with van der Waals surface area (Å²) in [5, 5.41) is 20.1. The molecular formula is C43H52N10O6. The van der Waals surface area contributed by atoms with Gasteiger partial charge in [-0.1, -0.05) is 36.4 Å². The summed E-state index contributed by atoms with van der Waals surface area (Å²) in [6, 6.07) is 23.5. The number of nitrogens with zero attached hydrogens (tertiary/aromatic N) is 6. The highest BCUT2D eigenvalue weighted by Gasteiger charge is 2.26. The van der Waals surface area contributed by atoms with Crippen molar-refractivity contribution in [1.29, 1.82) is 0 Å². The van der Waals surface area contributed by atoms with Crippen LogP contribution in [0.3, 0.4) is 0 Å². The SMILES string of the molecule is CC(C)(C)OC(=O)NCc1cc(-c2oc(-c3ccccc3)nc2N2CCCCC2)n[nH]1.COC(=O)NCc1cc(-c2oc(-c3ccccc3)nc2N2CCCCC2)n[nH]1. The van der Waals surface area contributed by atoms with E-state index < -0.39 is 17.8 Å². The number of aromatic amines is 2. The molecule has 4 N–H and O–H groups in total. The summed E-state index contributed by atoms with van der Waals surface area (Å²) in [7, 11) is 1.33. The van der Waals surface area contributed by atoms with E-state index in [-0.39, 0.29) is 6.54 Å². The highest BCUT2D eigenvalue weighted by Crippen LogP contribution is 2.37. The van der Waals surface area contributed by atoms with E-state index >= 15 is 0 Å². The first-order valence-electron chi connectivity index (χ1n) is 20.1. The van der Waals surface area contributed by atoms with Crippen molar-refractivity contribution < 1.29 is 27.9 Å². The van der Waals surface area contributed by atoms with Gasteiger partial charge in [-0.3, -0.25) is 10.2 Å². The van der Waals surface area contributed by atoms with Crippen molar-refractivity contribution in [1.82, 2.24) is 41.0 Å². The molecule has 16 heteroatoms. The zero-order chi connectivity index (χ0) is 41.2. The smallest absolute Gasteiger partial charge is 0.407 e. The lowest BCUT2D eigenvalue weighted by Gasteiger charge is -2.26. The van der Waals surface area contributed by atoms with E-state index in [1.807, 2.05) is 93.6 Å². The van der Waals surface area contributed by atoms with Crippen molar-refractivity contribution in [3.8, 4) is 45.8 Å². The number of ether oxygens (including phenoxy) is 2. The Morgan fingerprint density at radius 1 is 0.661 bits per heavy atom. The van der Waals surface area contributed by atoms with Gasteiger partial charge in [0.25, 0.3) is 0 Å². The molecule has 2 amide bonds. The summed E-state index contributed by atoms with van der Waals surface area (Å²) in [5.41, 5.74) is 4.14. The minimum absolute atomic E-state index is 0.278. The largest absolute Gasteiger partial charge is 0.453 e. The Bertz CT molecular complexity index is 2260. The quantitative estimate of drug-likeness (QED) is 0.104. The topological polar surface area (TPSA) is 193 Å². The normalized spacial score (nSPS) is 14.3. The lowest BCUT2D eigenvalue weighted by Crippen LogP contribution is -2.32. The van der Waals surface area contributed by atoms with E-state index in [0.29, 0.717) is 41.2 Å². The highest BCUT2D eigenvalue weighted by atomic mass is 16.6. The third kappa shape index (κ3) is 10.7. The van der Waals surface area contributed by atoms with Crippen molar-refractivity contribution in [3.05, 3.63) is 84.2 Å². The average Bonchev–Trinajstić information content (AvgIpc) is 4.09. The predicted octanol–water partition coefficient (Wildman–Crippen LogP) is 8.32. The highest BCUT2D eigenvalue weighted by molar-refractivity contribution is 5.74. The Balaban J connectivity index is 0.000000180. The van der Waals surface area contributed by atoms with Crippen LogP contribution >= 0.6 is 0 Å². The molecular weight excluding hydrogens is 753 g/mol. The van der Waals surface area contributed by atoms with Gasteiger partial charge in [0.1, 0.15) is 17.0 Å². The molecule has 8 rings (SSSR count). The number of alkyl carbamates (subject to hydrolysis) is 2. The molecule has 0 aliphatic carbocycles. The number of rotatable bonds is 10. The molecule has 6 heterocycles. The molecule has 2 aliphatic rings. The number of amides is 2. The van der Waals surface area contributed by atoms with Gasteiger partial charge in [0.15, 0.2) is 23.2 Å². The summed E-state index contributed by atoms with van der Waals surface area (Å²) >= 11 is 0. The van der Waals surface area contributed by atoms with Crippen LogP contribution < -0.4 is 20.4 Å². The number of benzene rings is 2. The second-order valence-electron chi connectivity index (χ2n) is 15.4. The molecule has 0 unspecified atom stereocenters. The minimum atomic E-state index is -0.541. The maximum atomic E-state index is 11.9. The van der Waals surface area contributed by atoms with E-state index in [1.54, 1.807) is 0 Å². The zero-order valence-electron chi connectivity index (χ0n) is 34.0. The standard InChI is InChI=1S/C23H29N5O3.C20H23N5O3/c1-23(2,3)31-22(29)24-15-17-14-18(27-26-17)19-20(28-12-8-5-9-13-28)25-21(30-19)16-10-6-4-7-11-16;1-27-20(26)21-13-15-12-16(24-23-15)17-18(25-10-6-3-7-11-25)22-19(28-17)14-8-4-2-5-9-14/h4,6-7,10-11,14H,5,8-9,12-13,15H2,1-3H3,(H,24,29)(H,26,27);2,4-5,8-9,12H,3,6-7,10-11,13H2,1H3,(H,21,26)(H,23,24). The van der Waals surface area contributed by atoms with Crippen molar-refractivity contribution in [2.45, 2.75) is 78.0 Å². The number of piperidine rings is 2. The molecule has 2 fully saturated rings. The molecule has 310 valence electrons. The van der Waals surface area contributed by atoms with Crippen LogP contribution in [0.5, 0.6) is 0 Å². The van der Waals surface area contributed by atoms with Gasteiger partial charge in [0.05, 0.1) is 31.6 Å². The van der Waals surface area contributed by atoms with E-state index in [4.69, 9.17) is 23.5 Å². The monoisotopic (exact) mass is 804 g/mol. The average molecular weight is 805 g/mol. The van der Waals surface area contributed by atoms with Gasteiger partial charge in [0, 0.05) is 37.3 Å². The molecule has 16 nitrogen and oxygen atoms in total. The summed E-state index contributed by atoms with van der Waals surface area (Å²) in [6.07, 6.45) is 6.07. The first-order chi connectivity index (χ1) is 28.6. The second-order valence-corrected chi connectivity index (χ2v) is 15.4. The molecule has 6 aromatic rings. The second kappa shape index (κ2) is 18.8. The van der Waals surface area contributed by atoms with Crippen LogP contribution in [0.25, 0.3) is 45.8 Å². The fourth-order valence-corrected chi connectivity index (χ4v) is 6.86. The number of methoxy groups -OCH3 is 1. The number of carbonyl (C=O) groups excluding carboxylic acids is 2. The molecule has 0 radical (unpaired) electrons.